The summed E-state index contributed by atoms with van der Waals surface area (Å²) in [4.78, 5) is 44.7. The third-order valence-electron chi connectivity index (χ3n) is 6.23. The molecular formula is C31H32N4O5S. The van der Waals surface area contributed by atoms with Crippen molar-refractivity contribution in [3.8, 4) is 5.75 Å². The summed E-state index contributed by atoms with van der Waals surface area (Å²) in [5.41, 5.74) is 2.91. The summed E-state index contributed by atoms with van der Waals surface area (Å²) in [5.74, 6) is -0.266. The molecule has 0 spiro atoms. The maximum absolute atomic E-state index is 13.0. The Kier molecular flexibility index (Phi) is 10.6. The van der Waals surface area contributed by atoms with Crippen LogP contribution in [0.25, 0.3) is 0 Å². The summed E-state index contributed by atoms with van der Waals surface area (Å²) in [7, 11) is 3.08. The third kappa shape index (κ3) is 8.47. The van der Waals surface area contributed by atoms with Crippen LogP contribution in [0.3, 0.4) is 0 Å². The molecule has 4 rings (SSSR count). The van der Waals surface area contributed by atoms with Crippen LogP contribution >= 0.6 is 11.3 Å². The number of nitrogens with zero attached hydrogens (tertiary/aromatic N) is 2. The van der Waals surface area contributed by atoms with Gasteiger partial charge in [0, 0.05) is 24.6 Å². The molecule has 0 fully saturated rings. The Morgan fingerprint density at radius 3 is 2.10 bits per heavy atom. The van der Waals surface area contributed by atoms with Crippen LogP contribution in [0.4, 0.5) is 5.13 Å². The molecule has 0 aliphatic heterocycles. The number of benzene rings is 3. The fourth-order valence-corrected chi connectivity index (χ4v) is 4.90. The van der Waals surface area contributed by atoms with Gasteiger partial charge in [0.1, 0.15) is 12.3 Å². The van der Waals surface area contributed by atoms with Gasteiger partial charge in [0.2, 0.25) is 11.8 Å². The van der Waals surface area contributed by atoms with Gasteiger partial charge in [-0.25, -0.2) is 4.98 Å². The highest BCUT2D eigenvalue weighted by Gasteiger charge is 2.21. The minimum atomic E-state index is -0.401. The Bertz CT molecular complexity index is 1390. The van der Waals surface area contributed by atoms with Crippen molar-refractivity contribution in [1.82, 2.24) is 15.2 Å². The molecule has 0 bridgehead atoms. The van der Waals surface area contributed by atoms with E-state index in [4.69, 9.17) is 9.47 Å². The van der Waals surface area contributed by atoms with Gasteiger partial charge in [0.15, 0.2) is 5.13 Å². The largest absolute Gasteiger partial charge is 0.497 e. The zero-order chi connectivity index (χ0) is 29.0. The normalized spacial score (nSPS) is 10.7. The van der Waals surface area contributed by atoms with Crippen LogP contribution < -0.4 is 15.4 Å². The number of amides is 3. The fraction of sp³-hybridized carbons (Fsp3) is 0.226. The molecule has 4 aromatic rings. The summed E-state index contributed by atoms with van der Waals surface area (Å²) in [5, 5.41) is 7.93. The van der Waals surface area contributed by atoms with Gasteiger partial charge in [-0.2, -0.15) is 0 Å². The molecule has 0 atom stereocenters. The molecule has 3 aromatic carbocycles. The van der Waals surface area contributed by atoms with Crippen LogP contribution in [0.5, 0.6) is 5.75 Å². The Hall–Kier alpha value is -4.54. The van der Waals surface area contributed by atoms with Gasteiger partial charge in [0.25, 0.3) is 5.91 Å². The van der Waals surface area contributed by atoms with Gasteiger partial charge < -0.3 is 25.0 Å². The Labute approximate surface area is 243 Å². The maximum Gasteiger partial charge on any atom is 0.254 e. The summed E-state index contributed by atoms with van der Waals surface area (Å²) in [6.45, 7) is 0.333. The average molecular weight is 573 g/mol. The number of carbonyl (C=O) groups is 3. The smallest absolute Gasteiger partial charge is 0.254 e. The number of nitrogens with one attached hydrogen (secondary N) is 2. The van der Waals surface area contributed by atoms with Crippen molar-refractivity contribution in [1.29, 1.82) is 0 Å². The highest BCUT2D eigenvalue weighted by atomic mass is 32.1. The number of carbonyl (C=O) groups excluding carboxylic acids is 3. The molecule has 41 heavy (non-hydrogen) atoms. The van der Waals surface area contributed by atoms with Crippen molar-refractivity contribution in [2.45, 2.75) is 12.5 Å². The number of methoxy groups -OCH3 is 2. The summed E-state index contributed by atoms with van der Waals surface area (Å²) < 4.78 is 10.3. The highest BCUT2D eigenvalue weighted by molar-refractivity contribution is 7.13. The van der Waals surface area contributed by atoms with E-state index in [9.17, 15) is 14.4 Å². The summed E-state index contributed by atoms with van der Waals surface area (Å²) >= 11 is 1.22. The molecule has 0 radical (unpaired) electrons. The number of anilines is 1. The maximum atomic E-state index is 13.0. The zero-order valence-corrected chi connectivity index (χ0v) is 23.7. The van der Waals surface area contributed by atoms with Crippen molar-refractivity contribution < 1.29 is 23.9 Å². The van der Waals surface area contributed by atoms with Gasteiger partial charge in [-0.3, -0.25) is 14.4 Å². The van der Waals surface area contributed by atoms with E-state index in [1.54, 1.807) is 36.8 Å². The average Bonchev–Trinajstić information content (AvgIpc) is 3.44. The first kappa shape index (κ1) is 29.4. The molecule has 3 amide bonds. The molecule has 2 N–H and O–H groups in total. The molecule has 0 saturated heterocycles. The number of thiazole rings is 1. The fourth-order valence-electron chi connectivity index (χ4n) is 4.17. The lowest BCUT2D eigenvalue weighted by molar-refractivity contribution is -0.121. The molecule has 212 valence electrons. The first-order chi connectivity index (χ1) is 20.0. The lowest BCUT2D eigenvalue weighted by Gasteiger charge is -2.21. The van der Waals surface area contributed by atoms with Crippen LogP contribution in [-0.4, -0.2) is 61.5 Å². The van der Waals surface area contributed by atoms with Crippen molar-refractivity contribution in [2.75, 3.05) is 39.2 Å². The van der Waals surface area contributed by atoms with Crippen LogP contribution in [0.2, 0.25) is 0 Å². The SMILES string of the molecule is COCCN(CC(=O)Nc1nc(CC(=O)NC(c2ccccc2)c2ccccc2)cs1)C(=O)c1ccc(OC)cc1. The topological polar surface area (TPSA) is 110 Å². The van der Waals surface area contributed by atoms with Gasteiger partial charge in [-0.05, 0) is 35.4 Å². The van der Waals surface area contributed by atoms with Crippen LogP contribution in [0, 0.1) is 0 Å². The van der Waals surface area contributed by atoms with E-state index in [1.807, 2.05) is 60.7 Å². The third-order valence-corrected chi connectivity index (χ3v) is 7.04. The Morgan fingerprint density at radius 2 is 1.51 bits per heavy atom. The monoisotopic (exact) mass is 572 g/mol. The molecule has 1 heterocycles. The number of ether oxygens (including phenoxy) is 2. The van der Waals surface area contributed by atoms with Crippen LogP contribution in [-0.2, 0) is 20.7 Å². The minimum absolute atomic E-state index is 0.0540. The van der Waals surface area contributed by atoms with E-state index in [0.717, 1.165) is 11.1 Å². The second kappa shape index (κ2) is 14.7. The van der Waals surface area contributed by atoms with Crippen LogP contribution in [0.15, 0.2) is 90.3 Å². The Morgan fingerprint density at radius 1 is 0.878 bits per heavy atom. The van der Waals surface area contributed by atoms with Crippen LogP contribution in [0.1, 0.15) is 33.2 Å². The Balaban J connectivity index is 1.36. The molecule has 1 aromatic heterocycles. The van der Waals surface area contributed by atoms with Gasteiger partial charge in [0.05, 0.1) is 31.9 Å². The van der Waals surface area contributed by atoms with Crippen molar-refractivity contribution >= 4 is 34.2 Å². The standard InChI is InChI=1S/C31H32N4O5S/c1-39-18-17-35(30(38)24-13-15-26(40-2)16-14-24)20-28(37)34-31-32-25(21-41-31)19-27(36)33-29(22-9-5-3-6-10-22)23-11-7-4-8-12-23/h3-16,21,29H,17-20H2,1-2H3,(H,33,36)(H,32,34,37). The zero-order valence-electron chi connectivity index (χ0n) is 22.9. The molecule has 10 heteroatoms. The van der Waals surface area contributed by atoms with E-state index in [-0.39, 0.29) is 44.0 Å². The molecule has 0 saturated carbocycles. The molecule has 9 nitrogen and oxygen atoms in total. The van der Waals surface area contributed by atoms with Crippen molar-refractivity contribution in [3.05, 3.63) is 113 Å². The van der Waals surface area contributed by atoms with E-state index in [0.29, 0.717) is 22.1 Å². The molecule has 0 aliphatic carbocycles. The summed E-state index contributed by atoms with van der Waals surface area (Å²) in [6.07, 6.45) is 0.0540. The second-order valence-corrected chi connectivity index (χ2v) is 10.00. The van der Waals surface area contributed by atoms with E-state index in [2.05, 4.69) is 15.6 Å². The lowest BCUT2D eigenvalue weighted by Crippen LogP contribution is -2.40. The van der Waals surface area contributed by atoms with E-state index in [1.165, 1.54) is 23.3 Å². The number of hydrogen-bond acceptors (Lipinski definition) is 7. The van der Waals surface area contributed by atoms with E-state index >= 15 is 0 Å². The van der Waals surface area contributed by atoms with Gasteiger partial charge in [-0.1, -0.05) is 60.7 Å². The predicted molar refractivity (Wildman–Crippen MR) is 158 cm³/mol. The highest BCUT2D eigenvalue weighted by Crippen LogP contribution is 2.22. The van der Waals surface area contributed by atoms with E-state index < -0.39 is 5.91 Å². The lowest BCUT2D eigenvalue weighted by atomic mass is 9.98. The van der Waals surface area contributed by atoms with Gasteiger partial charge in [-0.15, -0.1) is 11.3 Å². The minimum Gasteiger partial charge on any atom is -0.497 e. The molecule has 0 aliphatic rings. The molecular weight excluding hydrogens is 540 g/mol. The van der Waals surface area contributed by atoms with Crippen molar-refractivity contribution in [2.24, 2.45) is 0 Å². The quantitative estimate of drug-likeness (QED) is 0.247. The molecule has 0 unspecified atom stereocenters. The second-order valence-electron chi connectivity index (χ2n) is 9.14. The number of hydrogen-bond donors (Lipinski definition) is 2. The van der Waals surface area contributed by atoms with Gasteiger partial charge >= 0.3 is 0 Å². The number of aromatic nitrogens is 1. The first-order valence-corrected chi connectivity index (χ1v) is 13.9. The summed E-state index contributed by atoms with van der Waals surface area (Å²) in [6, 6.07) is 25.9. The predicted octanol–water partition coefficient (Wildman–Crippen LogP) is 4.33. The number of rotatable bonds is 13. The van der Waals surface area contributed by atoms with Crippen molar-refractivity contribution in [3.63, 3.8) is 0 Å². The first-order valence-electron chi connectivity index (χ1n) is 13.0.